The normalized spacial score (nSPS) is 19.3. The number of halogens is 1. The maximum atomic E-state index is 12.3. The van der Waals surface area contributed by atoms with Crippen LogP contribution >= 0.6 is 15.9 Å². The highest BCUT2D eigenvalue weighted by molar-refractivity contribution is 9.09. The molecule has 0 bridgehead atoms. The van der Waals surface area contributed by atoms with Crippen LogP contribution in [0.5, 0.6) is 0 Å². The molecule has 0 aliphatic carbocycles. The Hall–Kier alpha value is -0.830. The fraction of sp³-hybridized carbons (Fsp3) is 0.533. The van der Waals surface area contributed by atoms with Crippen LogP contribution in [-0.2, 0) is 11.2 Å². The molecule has 18 heavy (non-hydrogen) atoms. The van der Waals surface area contributed by atoms with E-state index < -0.39 is 0 Å². The molecular weight excluding hydrogens is 290 g/mol. The molecule has 0 N–H and O–H groups in total. The summed E-state index contributed by atoms with van der Waals surface area (Å²) in [7, 11) is 0. The fourth-order valence-corrected chi connectivity index (χ4v) is 2.98. The number of hydrogen-bond acceptors (Lipinski definition) is 1. The van der Waals surface area contributed by atoms with E-state index in [1.807, 2.05) is 4.90 Å². The SMILES string of the molecule is Cc1ccc(C)c(CC(=O)N2CCC(CBr)C2)c1. The third-order valence-corrected chi connectivity index (χ3v) is 4.62. The zero-order valence-corrected chi connectivity index (χ0v) is 12.7. The molecule has 1 atom stereocenters. The van der Waals surface area contributed by atoms with E-state index in [4.69, 9.17) is 0 Å². The van der Waals surface area contributed by atoms with Crippen LogP contribution in [0.2, 0.25) is 0 Å². The van der Waals surface area contributed by atoms with Gasteiger partial charge in [-0.05, 0) is 37.3 Å². The predicted octanol–water partition coefficient (Wildman–Crippen LogP) is 3.09. The Balaban J connectivity index is 2.01. The smallest absolute Gasteiger partial charge is 0.227 e. The highest BCUT2D eigenvalue weighted by atomic mass is 79.9. The van der Waals surface area contributed by atoms with Crippen molar-refractivity contribution in [3.8, 4) is 0 Å². The van der Waals surface area contributed by atoms with Gasteiger partial charge in [-0.1, -0.05) is 39.7 Å². The minimum Gasteiger partial charge on any atom is -0.342 e. The lowest BCUT2D eigenvalue weighted by molar-refractivity contribution is -0.129. The first-order valence-corrected chi connectivity index (χ1v) is 7.62. The molecule has 1 aliphatic rings. The largest absolute Gasteiger partial charge is 0.342 e. The van der Waals surface area contributed by atoms with E-state index in [0.29, 0.717) is 12.3 Å². The fourth-order valence-electron chi connectivity index (χ4n) is 2.45. The lowest BCUT2D eigenvalue weighted by atomic mass is 10.0. The summed E-state index contributed by atoms with van der Waals surface area (Å²) in [6, 6.07) is 6.33. The summed E-state index contributed by atoms with van der Waals surface area (Å²) in [6.07, 6.45) is 1.67. The van der Waals surface area contributed by atoms with Gasteiger partial charge in [-0.3, -0.25) is 4.79 Å². The molecule has 2 nitrogen and oxygen atoms in total. The maximum Gasteiger partial charge on any atom is 0.227 e. The van der Waals surface area contributed by atoms with E-state index in [0.717, 1.165) is 24.8 Å². The van der Waals surface area contributed by atoms with Crippen molar-refractivity contribution >= 4 is 21.8 Å². The van der Waals surface area contributed by atoms with Crippen molar-refractivity contribution in [1.82, 2.24) is 4.90 Å². The Morgan fingerprint density at radius 3 is 2.89 bits per heavy atom. The molecule has 0 spiro atoms. The Morgan fingerprint density at radius 2 is 2.22 bits per heavy atom. The molecule has 2 rings (SSSR count). The average molecular weight is 310 g/mol. The second-order valence-corrected chi connectivity index (χ2v) is 5.90. The monoisotopic (exact) mass is 309 g/mol. The van der Waals surface area contributed by atoms with Crippen LogP contribution in [0, 0.1) is 19.8 Å². The number of carbonyl (C=O) groups excluding carboxylic acids is 1. The summed E-state index contributed by atoms with van der Waals surface area (Å²) < 4.78 is 0. The van der Waals surface area contributed by atoms with E-state index in [2.05, 4.69) is 48.0 Å². The standard InChI is InChI=1S/C15H20BrNO/c1-11-3-4-12(2)14(7-11)8-15(18)17-6-5-13(9-16)10-17/h3-4,7,13H,5-6,8-10H2,1-2H3. The summed E-state index contributed by atoms with van der Waals surface area (Å²) in [5.41, 5.74) is 3.61. The van der Waals surface area contributed by atoms with Crippen LogP contribution < -0.4 is 0 Å². The summed E-state index contributed by atoms with van der Waals surface area (Å²) in [6.45, 7) is 5.98. The third-order valence-electron chi connectivity index (χ3n) is 3.70. The molecule has 3 heteroatoms. The third kappa shape index (κ3) is 3.14. The second-order valence-electron chi connectivity index (χ2n) is 5.26. The zero-order chi connectivity index (χ0) is 13.1. The van der Waals surface area contributed by atoms with Gasteiger partial charge in [0.2, 0.25) is 5.91 Å². The molecule has 1 saturated heterocycles. The molecule has 98 valence electrons. The molecule has 1 heterocycles. The number of aryl methyl sites for hydroxylation is 2. The Labute approximate surface area is 117 Å². The van der Waals surface area contributed by atoms with Crippen LogP contribution in [0.15, 0.2) is 18.2 Å². The molecule has 1 aliphatic heterocycles. The van der Waals surface area contributed by atoms with Crippen LogP contribution in [0.25, 0.3) is 0 Å². The molecule has 1 aromatic carbocycles. The lowest BCUT2D eigenvalue weighted by Gasteiger charge is -2.17. The van der Waals surface area contributed by atoms with Gasteiger partial charge in [0.05, 0.1) is 6.42 Å². The molecule has 0 aromatic heterocycles. The first kappa shape index (κ1) is 13.6. The highest BCUT2D eigenvalue weighted by Gasteiger charge is 2.25. The molecule has 1 amide bonds. The summed E-state index contributed by atoms with van der Waals surface area (Å²) in [4.78, 5) is 14.3. The van der Waals surface area contributed by atoms with Crippen molar-refractivity contribution < 1.29 is 4.79 Å². The van der Waals surface area contributed by atoms with E-state index in [1.165, 1.54) is 16.7 Å². The van der Waals surface area contributed by atoms with Crippen molar-refractivity contribution in [1.29, 1.82) is 0 Å². The molecular formula is C15H20BrNO. The minimum absolute atomic E-state index is 0.271. The van der Waals surface area contributed by atoms with Gasteiger partial charge in [0, 0.05) is 18.4 Å². The summed E-state index contributed by atoms with van der Waals surface area (Å²) in [5, 5.41) is 1.00. The predicted molar refractivity (Wildman–Crippen MR) is 78.1 cm³/mol. The first-order chi connectivity index (χ1) is 8.60. The number of benzene rings is 1. The highest BCUT2D eigenvalue weighted by Crippen LogP contribution is 2.20. The maximum absolute atomic E-state index is 12.3. The number of alkyl halides is 1. The number of rotatable bonds is 3. The molecule has 0 radical (unpaired) electrons. The van der Waals surface area contributed by atoms with Crippen molar-refractivity contribution in [2.75, 3.05) is 18.4 Å². The molecule has 1 aromatic rings. The van der Waals surface area contributed by atoms with E-state index in [-0.39, 0.29) is 5.91 Å². The van der Waals surface area contributed by atoms with Crippen LogP contribution in [-0.4, -0.2) is 29.2 Å². The van der Waals surface area contributed by atoms with Crippen molar-refractivity contribution in [2.45, 2.75) is 26.7 Å². The van der Waals surface area contributed by atoms with Gasteiger partial charge in [-0.2, -0.15) is 0 Å². The first-order valence-electron chi connectivity index (χ1n) is 6.50. The van der Waals surface area contributed by atoms with Crippen LogP contribution in [0.3, 0.4) is 0 Å². The zero-order valence-electron chi connectivity index (χ0n) is 11.1. The number of carbonyl (C=O) groups is 1. The van der Waals surface area contributed by atoms with Crippen molar-refractivity contribution in [3.05, 3.63) is 34.9 Å². The van der Waals surface area contributed by atoms with Gasteiger partial charge in [0.15, 0.2) is 0 Å². The topological polar surface area (TPSA) is 20.3 Å². The average Bonchev–Trinajstić information content (AvgIpc) is 2.82. The Morgan fingerprint density at radius 1 is 1.44 bits per heavy atom. The number of hydrogen-bond donors (Lipinski definition) is 0. The molecule has 1 unspecified atom stereocenters. The molecule has 1 fully saturated rings. The van der Waals surface area contributed by atoms with Gasteiger partial charge < -0.3 is 4.90 Å². The van der Waals surface area contributed by atoms with Gasteiger partial charge in [0.1, 0.15) is 0 Å². The quantitative estimate of drug-likeness (QED) is 0.786. The number of likely N-dealkylation sites (tertiary alicyclic amines) is 1. The van der Waals surface area contributed by atoms with E-state index in [9.17, 15) is 4.79 Å². The number of amides is 1. The van der Waals surface area contributed by atoms with Crippen molar-refractivity contribution in [3.63, 3.8) is 0 Å². The summed E-state index contributed by atoms with van der Waals surface area (Å²) in [5.74, 6) is 0.903. The second kappa shape index (κ2) is 5.87. The van der Waals surface area contributed by atoms with Crippen molar-refractivity contribution in [2.24, 2.45) is 5.92 Å². The van der Waals surface area contributed by atoms with Gasteiger partial charge in [-0.25, -0.2) is 0 Å². The Bertz CT molecular complexity index is 444. The summed E-state index contributed by atoms with van der Waals surface area (Å²) >= 11 is 3.50. The van der Waals surface area contributed by atoms with E-state index >= 15 is 0 Å². The van der Waals surface area contributed by atoms with Crippen LogP contribution in [0.1, 0.15) is 23.1 Å². The van der Waals surface area contributed by atoms with Crippen LogP contribution in [0.4, 0.5) is 0 Å². The number of nitrogens with zero attached hydrogens (tertiary/aromatic N) is 1. The lowest BCUT2D eigenvalue weighted by Crippen LogP contribution is -2.30. The van der Waals surface area contributed by atoms with Gasteiger partial charge in [0.25, 0.3) is 0 Å². The van der Waals surface area contributed by atoms with Gasteiger partial charge in [-0.15, -0.1) is 0 Å². The van der Waals surface area contributed by atoms with E-state index in [1.54, 1.807) is 0 Å². The minimum atomic E-state index is 0.271. The Kier molecular flexibility index (Phi) is 4.44. The van der Waals surface area contributed by atoms with Gasteiger partial charge >= 0.3 is 0 Å². The molecule has 0 saturated carbocycles.